The van der Waals surface area contributed by atoms with Gasteiger partial charge in [-0.3, -0.25) is 9.69 Å². The molecule has 0 amide bonds. The van der Waals surface area contributed by atoms with Crippen molar-refractivity contribution in [3.05, 3.63) is 63.8 Å². The Balaban J connectivity index is 1.46. The smallest absolute Gasteiger partial charge is 0.251 e. The zero-order valence-corrected chi connectivity index (χ0v) is 15.2. The Labute approximate surface area is 156 Å². The molecule has 4 rings (SSSR count). The number of nitrogens with two attached hydrogens (primary N) is 1. The van der Waals surface area contributed by atoms with Crippen LogP contribution in [0.4, 0.5) is 15.9 Å². The second-order valence-corrected chi connectivity index (χ2v) is 7.03. The Hall–Kier alpha value is -2.93. The minimum atomic E-state index is -0.299. The van der Waals surface area contributed by atoms with Crippen LogP contribution in [0.25, 0.3) is 10.9 Å². The average molecular weight is 367 g/mol. The second kappa shape index (κ2) is 7.00. The summed E-state index contributed by atoms with van der Waals surface area (Å²) in [6.45, 7) is 5.74. The van der Waals surface area contributed by atoms with E-state index in [0.29, 0.717) is 28.7 Å². The van der Waals surface area contributed by atoms with Crippen LogP contribution < -0.4 is 16.2 Å². The molecule has 27 heavy (non-hydrogen) atoms. The number of benzene rings is 1. The van der Waals surface area contributed by atoms with Crippen LogP contribution >= 0.6 is 0 Å². The van der Waals surface area contributed by atoms with Gasteiger partial charge in [-0.1, -0.05) is 0 Å². The Kier molecular flexibility index (Phi) is 4.53. The van der Waals surface area contributed by atoms with Crippen molar-refractivity contribution in [3.8, 4) is 0 Å². The summed E-state index contributed by atoms with van der Waals surface area (Å²) in [6.07, 6.45) is 1.67. The predicted molar refractivity (Wildman–Crippen MR) is 105 cm³/mol. The van der Waals surface area contributed by atoms with Gasteiger partial charge in [0, 0.05) is 43.7 Å². The van der Waals surface area contributed by atoms with Crippen molar-refractivity contribution >= 4 is 22.4 Å². The molecule has 3 N–H and O–H groups in total. The molecule has 0 unspecified atom stereocenters. The number of nitrogens with zero attached hydrogens (tertiary/aromatic N) is 3. The summed E-state index contributed by atoms with van der Waals surface area (Å²) in [5, 5.41) is 0.454. The molecule has 0 radical (unpaired) electrons. The zero-order valence-electron chi connectivity index (χ0n) is 15.2. The standard InChI is InChI=1S/C20H22FN5O/c1-13-8-16-17(21)9-14(10-18(16)24-20(13)27)12-25-4-6-26(7-5-25)19-3-2-15(22)11-23-19/h2-3,8-11H,4-7,12,22H2,1H3,(H,24,27). The van der Waals surface area contributed by atoms with Gasteiger partial charge in [-0.05, 0) is 42.8 Å². The molecule has 0 spiro atoms. The van der Waals surface area contributed by atoms with Crippen LogP contribution in [0.3, 0.4) is 0 Å². The lowest BCUT2D eigenvalue weighted by Crippen LogP contribution is -2.46. The number of fused-ring (bicyclic) bond motifs is 1. The maximum absolute atomic E-state index is 14.5. The Morgan fingerprint density at radius 2 is 1.96 bits per heavy atom. The third-order valence-corrected chi connectivity index (χ3v) is 5.03. The fraction of sp³-hybridized carbons (Fsp3) is 0.300. The largest absolute Gasteiger partial charge is 0.397 e. The number of aromatic amines is 1. The van der Waals surface area contributed by atoms with Crippen LogP contribution in [0.15, 0.2) is 41.3 Å². The van der Waals surface area contributed by atoms with Crippen molar-refractivity contribution < 1.29 is 4.39 Å². The number of hydrogen-bond donors (Lipinski definition) is 2. The van der Waals surface area contributed by atoms with Gasteiger partial charge >= 0.3 is 0 Å². The summed E-state index contributed by atoms with van der Waals surface area (Å²) in [6, 6.07) is 8.82. The molecule has 1 fully saturated rings. The number of hydrogen-bond acceptors (Lipinski definition) is 5. The van der Waals surface area contributed by atoms with E-state index < -0.39 is 0 Å². The first kappa shape index (κ1) is 17.5. The minimum absolute atomic E-state index is 0.177. The van der Waals surface area contributed by atoms with E-state index in [-0.39, 0.29) is 11.4 Å². The normalized spacial score (nSPS) is 15.4. The number of H-pyrrole nitrogens is 1. The lowest BCUT2D eigenvalue weighted by Gasteiger charge is -2.35. The minimum Gasteiger partial charge on any atom is -0.397 e. The first-order valence-corrected chi connectivity index (χ1v) is 9.00. The van der Waals surface area contributed by atoms with Gasteiger partial charge in [0.25, 0.3) is 5.56 Å². The van der Waals surface area contributed by atoms with Crippen LogP contribution in [-0.4, -0.2) is 41.0 Å². The number of anilines is 2. The summed E-state index contributed by atoms with van der Waals surface area (Å²) in [5.74, 6) is 0.625. The van der Waals surface area contributed by atoms with Crippen LogP contribution in [0, 0.1) is 12.7 Å². The molecule has 1 saturated heterocycles. The lowest BCUT2D eigenvalue weighted by atomic mass is 10.1. The molecule has 6 nitrogen and oxygen atoms in total. The SMILES string of the molecule is Cc1cc2c(F)cc(CN3CCN(c4ccc(N)cn4)CC3)cc2[nH]c1=O. The van der Waals surface area contributed by atoms with Crippen LogP contribution in [0.1, 0.15) is 11.1 Å². The maximum Gasteiger partial charge on any atom is 0.251 e. The number of piperazine rings is 1. The summed E-state index contributed by atoms with van der Waals surface area (Å²) in [4.78, 5) is 23.5. The summed E-state index contributed by atoms with van der Waals surface area (Å²) in [5.41, 5.74) is 8.09. The number of nitrogens with one attached hydrogen (secondary N) is 1. The van der Waals surface area contributed by atoms with Gasteiger partial charge in [0.05, 0.1) is 17.4 Å². The Morgan fingerprint density at radius 1 is 1.19 bits per heavy atom. The molecule has 0 saturated carbocycles. The van der Waals surface area contributed by atoms with Gasteiger partial charge < -0.3 is 15.6 Å². The van der Waals surface area contributed by atoms with Gasteiger partial charge in [0.1, 0.15) is 11.6 Å². The number of nitrogen functional groups attached to an aromatic ring is 1. The van der Waals surface area contributed by atoms with Gasteiger partial charge in [-0.15, -0.1) is 0 Å². The van der Waals surface area contributed by atoms with Crippen molar-refractivity contribution in [1.82, 2.24) is 14.9 Å². The number of aryl methyl sites for hydroxylation is 1. The Bertz CT molecular complexity index is 1020. The predicted octanol–water partition coefficient (Wildman–Crippen LogP) is 2.28. The van der Waals surface area contributed by atoms with Gasteiger partial charge in [-0.2, -0.15) is 0 Å². The number of aromatic nitrogens is 2. The van der Waals surface area contributed by atoms with Gasteiger partial charge in [0.2, 0.25) is 0 Å². The molecular weight excluding hydrogens is 345 g/mol. The number of rotatable bonds is 3. The van der Waals surface area contributed by atoms with E-state index in [2.05, 4.69) is 19.8 Å². The van der Waals surface area contributed by atoms with Crippen LogP contribution in [-0.2, 0) is 6.54 Å². The molecule has 1 aliphatic heterocycles. The fourth-order valence-electron chi connectivity index (χ4n) is 3.50. The van der Waals surface area contributed by atoms with E-state index in [0.717, 1.165) is 37.6 Å². The first-order valence-electron chi connectivity index (χ1n) is 9.00. The molecule has 140 valence electrons. The molecule has 1 aromatic carbocycles. The molecule has 0 atom stereocenters. The molecule has 3 heterocycles. The third-order valence-electron chi connectivity index (χ3n) is 5.03. The monoisotopic (exact) mass is 367 g/mol. The highest BCUT2D eigenvalue weighted by molar-refractivity contribution is 5.80. The highest BCUT2D eigenvalue weighted by Gasteiger charge is 2.18. The molecule has 0 bridgehead atoms. The highest BCUT2D eigenvalue weighted by atomic mass is 19.1. The van der Waals surface area contributed by atoms with Crippen molar-refractivity contribution in [3.63, 3.8) is 0 Å². The molecule has 0 aliphatic carbocycles. The number of pyridine rings is 2. The van der Waals surface area contributed by atoms with Crippen molar-refractivity contribution in [2.24, 2.45) is 0 Å². The summed E-state index contributed by atoms with van der Waals surface area (Å²) >= 11 is 0. The van der Waals surface area contributed by atoms with Gasteiger partial charge in [0.15, 0.2) is 0 Å². The maximum atomic E-state index is 14.5. The van der Waals surface area contributed by atoms with E-state index in [1.807, 2.05) is 18.2 Å². The van der Waals surface area contributed by atoms with Crippen LogP contribution in [0.2, 0.25) is 0 Å². The van der Waals surface area contributed by atoms with Crippen molar-refractivity contribution in [1.29, 1.82) is 0 Å². The molecular formula is C20H22FN5O. The van der Waals surface area contributed by atoms with E-state index in [4.69, 9.17) is 5.73 Å². The topological polar surface area (TPSA) is 78.2 Å². The van der Waals surface area contributed by atoms with Gasteiger partial charge in [-0.25, -0.2) is 9.37 Å². The van der Waals surface area contributed by atoms with E-state index >= 15 is 0 Å². The molecule has 2 aromatic heterocycles. The summed E-state index contributed by atoms with van der Waals surface area (Å²) in [7, 11) is 0. The molecule has 1 aliphatic rings. The first-order chi connectivity index (χ1) is 13.0. The average Bonchev–Trinajstić information content (AvgIpc) is 2.65. The lowest BCUT2D eigenvalue weighted by molar-refractivity contribution is 0.249. The third kappa shape index (κ3) is 3.64. The van der Waals surface area contributed by atoms with E-state index in [1.165, 1.54) is 0 Å². The zero-order chi connectivity index (χ0) is 19.0. The van der Waals surface area contributed by atoms with Crippen molar-refractivity contribution in [2.75, 3.05) is 36.8 Å². The van der Waals surface area contributed by atoms with Crippen molar-refractivity contribution in [2.45, 2.75) is 13.5 Å². The quantitative estimate of drug-likeness (QED) is 0.743. The van der Waals surface area contributed by atoms with Crippen LogP contribution in [0.5, 0.6) is 0 Å². The van der Waals surface area contributed by atoms with E-state index in [1.54, 1.807) is 25.3 Å². The Morgan fingerprint density at radius 3 is 2.67 bits per heavy atom. The van der Waals surface area contributed by atoms with E-state index in [9.17, 15) is 9.18 Å². The molecule has 7 heteroatoms. The fourth-order valence-corrected chi connectivity index (χ4v) is 3.50. The highest BCUT2D eigenvalue weighted by Crippen LogP contribution is 2.21. The second-order valence-electron chi connectivity index (χ2n) is 7.03. The number of halogens is 1. The summed E-state index contributed by atoms with van der Waals surface area (Å²) < 4.78 is 14.5. The molecule has 3 aromatic rings.